The second kappa shape index (κ2) is 8.02. The first-order chi connectivity index (χ1) is 14.8. The Morgan fingerprint density at radius 3 is 2.10 bits per heavy atom. The number of pyridine rings is 1. The summed E-state index contributed by atoms with van der Waals surface area (Å²) in [6, 6.07) is 22.1. The zero-order valence-corrected chi connectivity index (χ0v) is 16.0. The Hall–Kier alpha value is -4.00. The molecule has 0 saturated heterocycles. The number of alkyl halides is 3. The average molecular weight is 423 g/mol. The molecule has 0 atom stereocenters. The Morgan fingerprint density at radius 1 is 0.677 bits per heavy atom. The van der Waals surface area contributed by atoms with E-state index in [1.807, 2.05) is 0 Å². The minimum atomic E-state index is -4.80. The Bertz CT molecular complexity index is 1220. The maximum Gasteiger partial charge on any atom is 0.573 e. The Kier molecular flexibility index (Phi) is 5.25. The van der Waals surface area contributed by atoms with Gasteiger partial charge in [0.25, 0.3) is 0 Å². The lowest BCUT2D eigenvalue weighted by Crippen LogP contribution is -2.17. The molecule has 0 bridgehead atoms. The number of para-hydroxylation sites is 1. The summed E-state index contributed by atoms with van der Waals surface area (Å²) in [7, 11) is 0. The van der Waals surface area contributed by atoms with Gasteiger partial charge in [-0.3, -0.25) is 0 Å². The van der Waals surface area contributed by atoms with E-state index in [1.165, 1.54) is 36.4 Å². The van der Waals surface area contributed by atoms with Crippen molar-refractivity contribution in [1.29, 1.82) is 0 Å². The van der Waals surface area contributed by atoms with Crippen LogP contribution in [0.4, 0.5) is 13.2 Å². The number of ether oxygens (including phenoxy) is 1. The van der Waals surface area contributed by atoms with Gasteiger partial charge in [0.1, 0.15) is 17.2 Å². The quantitative estimate of drug-likeness (QED) is 0.399. The van der Waals surface area contributed by atoms with Gasteiger partial charge in [-0.2, -0.15) is 0 Å². The van der Waals surface area contributed by atoms with Crippen molar-refractivity contribution in [2.75, 3.05) is 0 Å². The van der Waals surface area contributed by atoms with E-state index in [1.54, 1.807) is 48.5 Å². The Morgan fingerprint density at radius 2 is 1.39 bits per heavy atom. The molecular formula is C24H16F3NO3. The fraction of sp³-hybridized carbons (Fsp3) is 0.0417. The molecule has 4 aromatic rings. The number of phenols is 2. The number of hydrogen-bond donors (Lipinski definition) is 2. The van der Waals surface area contributed by atoms with E-state index in [4.69, 9.17) is 0 Å². The first-order valence-corrected chi connectivity index (χ1v) is 9.24. The Balaban J connectivity index is 1.87. The minimum absolute atomic E-state index is 0.0259. The fourth-order valence-corrected chi connectivity index (χ4v) is 3.18. The summed E-state index contributed by atoms with van der Waals surface area (Å²) in [6.07, 6.45) is -4.80. The molecule has 4 nitrogen and oxygen atoms in total. The lowest BCUT2D eigenvalue weighted by molar-refractivity contribution is -0.274. The van der Waals surface area contributed by atoms with Gasteiger partial charge < -0.3 is 14.9 Å². The van der Waals surface area contributed by atoms with Gasteiger partial charge in [-0.15, -0.1) is 13.2 Å². The largest absolute Gasteiger partial charge is 0.573 e. The lowest BCUT2D eigenvalue weighted by Gasteiger charge is -2.13. The summed E-state index contributed by atoms with van der Waals surface area (Å²) < 4.78 is 42.0. The third-order valence-electron chi connectivity index (χ3n) is 4.57. The highest BCUT2D eigenvalue weighted by molar-refractivity contribution is 5.78. The van der Waals surface area contributed by atoms with Crippen molar-refractivity contribution in [1.82, 2.24) is 4.98 Å². The van der Waals surface area contributed by atoms with Crippen LogP contribution in [-0.2, 0) is 0 Å². The third-order valence-corrected chi connectivity index (χ3v) is 4.57. The summed E-state index contributed by atoms with van der Waals surface area (Å²) in [5, 5.41) is 19.8. The molecule has 0 aliphatic heterocycles. The summed E-state index contributed by atoms with van der Waals surface area (Å²) >= 11 is 0. The van der Waals surface area contributed by atoms with Crippen molar-refractivity contribution < 1.29 is 28.1 Å². The van der Waals surface area contributed by atoms with E-state index in [0.717, 1.165) is 0 Å². The van der Waals surface area contributed by atoms with Crippen LogP contribution in [0.5, 0.6) is 17.2 Å². The maximum absolute atomic E-state index is 12.6. The number of phenolic OH excluding ortho intramolecular Hbond substituents is 2. The topological polar surface area (TPSA) is 62.6 Å². The van der Waals surface area contributed by atoms with Crippen LogP contribution >= 0.6 is 0 Å². The van der Waals surface area contributed by atoms with Crippen LogP contribution < -0.4 is 4.74 Å². The van der Waals surface area contributed by atoms with E-state index >= 15 is 0 Å². The molecule has 4 rings (SSSR count). The van der Waals surface area contributed by atoms with Crippen molar-refractivity contribution in [3.8, 4) is 50.9 Å². The molecule has 0 radical (unpaired) electrons. The molecule has 0 amide bonds. The predicted octanol–water partition coefficient (Wildman–Crippen LogP) is 6.39. The zero-order valence-electron chi connectivity index (χ0n) is 16.0. The van der Waals surface area contributed by atoms with E-state index < -0.39 is 6.36 Å². The molecule has 0 spiro atoms. The molecule has 1 heterocycles. The van der Waals surface area contributed by atoms with E-state index in [2.05, 4.69) is 9.72 Å². The molecule has 0 saturated carbocycles. The van der Waals surface area contributed by atoms with Crippen molar-refractivity contribution in [3.63, 3.8) is 0 Å². The van der Waals surface area contributed by atoms with Crippen molar-refractivity contribution in [2.45, 2.75) is 6.36 Å². The minimum Gasteiger partial charge on any atom is -0.508 e. The SMILES string of the molecule is Oc1ccc(-c2cc(-c3cccc(OC(F)(F)F)c3)cc(-c3ccccc3O)n2)cc1. The van der Waals surface area contributed by atoms with Gasteiger partial charge in [0, 0.05) is 11.1 Å². The van der Waals surface area contributed by atoms with Gasteiger partial charge in [-0.1, -0.05) is 24.3 Å². The second-order valence-corrected chi connectivity index (χ2v) is 6.77. The lowest BCUT2D eigenvalue weighted by atomic mass is 9.99. The van der Waals surface area contributed by atoms with Gasteiger partial charge in [0.2, 0.25) is 0 Å². The zero-order chi connectivity index (χ0) is 22.0. The monoisotopic (exact) mass is 423 g/mol. The number of benzene rings is 3. The van der Waals surface area contributed by atoms with Crippen LogP contribution in [0.3, 0.4) is 0 Å². The maximum atomic E-state index is 12.6. The Labute approximate surface area is 175 Å². The molecule has 0 fully saturated rings. The smallest absolute Gasteiger partial charge is 0.508 e. The van der Waals surface area contributed by atoms with Crippen LogP contribution in [-0.4, -0.2) is 21.6 Å². The van der Waals surface area contributed by atoms with E-state index in [0.29, 0.717) is 33.6 Å². The van der Waals surface area contributed by atoms with Crippen molar-refractivity contribution in [2.24, 2.45) is 0 Å². The van der Waals surface area contributed by atoms with E-state index in [9.17, 15) is 23.4 Å². The van der Waals surface area contributed by atoms with Gasteiger partial charge in [0.05, 0.1) is 11.4 Å². The van der Waals surface area contributed by atoms with Crippen LogP contribution in [0, 0.1) is 0 Å². The molecule has 156 valence electrons. The molecule has 3 aromatic carbocycles. The molecule has 1 aromatic heterocycles. The second-order valence-electron chi connectivity index (χ2n) is 6.77. The average Bonchev–Trinajstić information content (AvgIpc) is 2.73. The summed E-state index contributed by atoms with van der Waals surface area (Å²) in [6.45, 7) is 0. The summed E-state index contributed by atoms with van der Waals surface area (Å²) in [4.78, 5) is 4.62. The highest BCUT2D eigenvalue weighted by atomic mass is 19.4. The first-order valence-electron chi connectivity index (χ1n) is 9.24. The van der Waals surface area contributed by atoms with Crippen LogP contribution in [0.15, 0.2) is 84.9 Å². The normalized spacial score (nSPS) is 11.3. The number of halogens is 3. The van der Waals surface area contributed by atoms with Crippen LogP contribution in [0.1, 0.15) is 0 Å². The number of hydrogen-bond acceptors (Lipinski definition) is 4. The van der Waals surface area contributed by atoms with Crippen LogP contribution in [0.2, 0.25) is 0 Å². The summed E-state index contributed by atoms with van der Waals surface area (Å²) in [5.74, 6) is -0.215. The number of aromatic nitrogens is 1. The molecule has 31 heavy (non-hydrogen) atoms. The van der Waals surface area contributed by atoms with Gasteiger partial charge in [-0.05, 0) is 71.8 Å². The summed E-state index contributed by atoms with van der Waals surface area (Å²) in [5.41, 5.74) is 3.22. The predicted molar refractivity (Wildman–Crippen MR) is 111 cm³/mol. The van der Waals surface area contributed by atoms with Crippen molar-refractivity contribution in [3.05, 3.63) is 84.9 Å². The molecular weight excluding hydrogens is 407 g/mol. The molecule has 0 aliphatic carbocycles. The van der Waals surface area contributed by atoms with Gasteiger partial charge >= 0.3 is 6.36 Å². The third kappa shape index (κ3) is 4.78. The van der Waals surface area contributed by atoms with Crippen LogP contribution in [0.25, 0.3) is 33.6 Å². The molecule has 7 heteroatoms. The molecule has 0 unspecified atom stereocenters. The van der Waals surface area contributed by atoms with Crippen molar-refractivity contribution >= 4 is 0 Å². The standard InChI is InChI=1S/C24H16F3NO3/c25-24(26,27)31-19-5-3-4-16(12-19)17-13-21(15-8-10-18(29)11-9-15)28-22(14-17)20-6-1-2-7-23(20)30/h1-14,29-30H. The molecule has 2 N–H and O–H groups in total. The number of rotatable bonds is 4. The van der Waals surface area contributed by atoms with Gasteiger partial charge in [-0.25, -0.2) is 4.98 Å². The molecule has 0 aliphatic rings. The number of aromatic hydroxyl groups is 2. The van der Waals surface area contributed by atoms with Gasteiger partial charge in [0.15, 0.2) is 0 Å². The highest BCUT2D eigenvalue weighted by Gasteiger charge is 2.31. The highest BCUT2D eigenvalue weighted by Crippen LogP contribution is 2.35. The fourth-order valence-electron chi connectivity index (χ4n) is 3.18. The van der Waals surface area contributed by atoms with E-state index in [-0.39, 0.29) is 17.2 Å². The first kappa shape index (κ1) is 20.3. The number of nitrogens with zero attached hydrogens (tertiary/aromatic N) is 1.